The van der Waals surface area contributed by atoms with Crippen LogP contribution in [-0.2, 0) is 5.41 Å². The van der Waals surface area contributed by atoms with Gasteiger partial charge in [0.1, 0.15) is 0 Å². The number of hydrogen-bond donors (Lipinski definition) is 0. The second kappa shape index (κ2) is 7.92. The monoisotopic (exact) mass is 252 g/mol. The fourth-order valence-corrected chi connectivity index (χ4v) is 3.45. The van der Waals surface area contributed by atoms with E-state index in [0.717, 1.165) is 0 Å². The first-order chi connectivity index (χ1) is 8.23. The molecule has 1 aromatic rings. The third-order valence-electron chi connectivity index (χ3n) is 3.78. The molecule has 0 saturated carbocycles. The summed E-state index contributed by atoms with van der Waals surface area (Å²) in [4.78, 5) is 1.60. The van der Waals surface area contributed by atoms with Crippen LogP contribution in [0.15, 0.2) is 17.5 Å². The van der Waals surface area contributed by atoms with Crippen LogP contribution in [0.2, 0.25) is 0 Å². The minimum absolute atomic E-state index is 0.442. The molecule has 0 fully saturated rings. The Hall–Kier alpha value is -0.300. The molecular weight excluding hydrogens is 224 g/mol. The summed E-state index contributed by atoms with van der Waals surface area (Å²) in [6.45, 7) is 7.06. The molecule has 0 N–H and O–H groups in total. The molecule has 98 valence electrons. The Kier molecular flexibility index (Phi) is 6.87. The highest BCUT2D eigenvalue weighted by molar-refractivity contribution is 7.10. The maximum atomic E-state index is 2.47. The van der Waals surface area contributed by atoms with E-state index in [0.29, 0.717) is 5.41 Å². The molecule has 0 aromatic carbocycles. The van der Waals surface area contributed by atoms with Gasteiger partial charge in [-0.15, -0.1) is 11.3 Å². The fourth-order valence-electron chi connectivity index (χ4n) is 2.50. The van der Waals surface area contributed by atoms with E-state index < -0.39 is 0 Å². The van der Waals surface area contributed by atoms with Crippen molar-refractivity contribution in [2.75, 3.05) is 0 Å². The lowest BCUT2D eigenvalue weighted by atomic mass is 9.78. The zero-order chi connectivity index (χ0) is 12.6. The zero-order valence-electron chi connectivity index (χ0n) is 11.8. The van der Waals surface area contributed by atoms with Crippen LogP contribution in [0.4, 0.5) is 0 Å². The second-order valence-electron chi connectivity index (χ2n) is 5.45. The maximum absolute atomic E-state index is 2.47. The molecule has 1 unspecified atom stereocenters. The molecule has 0 saturated heterocycles. The Morgan fingerprint density at radius 2 is 1.71 bits per heavy atom. The predicted molar refractivity (Wildman–Crippen MR) is 80.0 cm³/mol. The predicted octanol–water partition coefficient (Wildman–Crippen LogP) is 6.17. The molecule has 0 bridgehead atoms. The Bertz CT molecular complexity index is 276. The Morgan fingerprint density at radius 1 is 1.00 bits per heavy atom. The van der Waals surface area contributed by atoms with Crippen LogP contribution in [0.3, 0.4) is 0 Å². The largest absolute Gasteiger partial charge is 0.148 e. The minimum atomic E-state index is 0.442. The Labute approximate surface area is 111 Å². The van der Waals surface area contributed by atoms with E-state index in [1.807, 2.05) is 11.3 Å². The van der Waals surface area contributed by atoms with Gasteiger partial charge in [0.15, 0.2) is 0 Å². The third kappa shape index (κ3) is 4.83. The van der Waals surface area contributed by atoms with Gasteiger partial charge in [-0.1, -0.05) is 65.4 Å². The lowest BCUT2D eigenvalue weighted by Gasteiger charge is -2.28. The lowest BCUT2D eigenvalue weighted by Crippen LogP contribution is -2.20. The van der Waals surface area contributed by atoms with Crippen LogP contribution in [-0.4, -0.2) is 0 Å². The maximum Gasteiger partial charge on any atom is 0.0104 e. The van der Waals surface area contributed by atoms with Gasteiger partial charge in [-0.2, -0.15) is 0 Å². The van der Waals surface area contributed by atoms with Gasteiger partial charge in [0.05, 0.1) is 0 Å². The van der Waals surface area contributed by atoms with E-state index in [-0.39, 0.29) is 0 Å². The van der Waals surface area contributed by atoms with Crippen molar-refractivity contribution in [3.63, 3.8) is 0 Å². The van der Waals surface area contributed by atoms with Crippen LogP contribution >= 0.6 is 11.3 Å². The van der Waals surface area contributed by atoms with E-state index >= 15 is 0 Å². The van der Waals surface area contributed by atoms with Gasteiger partial charge in [-0.3, -0.25) is 0 Å². The molecule has 0 amide bonds. The molecule has 0 aliphatic heterocycles. The number of rotatable bonds is 9. The normalized spacial score (nSPS) is 14.8. The van der Waals surface area contributed by atoms with Crippen LogP contribution in [0, 0.1) is 0 Å². The van der Waals surface area contributed by atoms with E-state index in [4.69, 9.17) is 0 Å². The van der Waals surface area contributed by atoms with Crippen molar-refractivity contribution in [2.45, 2.75) is 77.6 Å². The summed E-state index contributed by atoms with van der Waals surface area (Å²) in [5, 5.41) is 2.23. The molecular formula is C16H28S. The summed E-state index contributed by atoms with van der Waals surface area (Å²) >= 11 is 1.94. The van der Waals surface area contributed by atoms with E-state index in [9.17, 15) is 0 Å². The SMILES string of the molecule is CCCCCCC(C)(CCCC)c1cccs1. The summed E-state index contributed by atoms with van der Waals surface area (Å²) in [7, 11) is 0. The van der Waals surface area contributed by atoms with Gasteiger partial charge in [0.2, 0.25) is 0 Å². The van der Waals surface area contributed by atoms with Crippen molar-refractivity contribution in [1.82, 2.24) is 0 Å². The summed E-state index contributed by atoms with van der Waals surface area (Å²) in [5.41, 5.74) is 0.442. The van der Waals surface area contributed by atoms with Crippen LogP contribution in [0.5, 0.6) is 0 Å². The summed E-state index contributed by atoms with van der Waals surface area (Å²) in [6.07, 6.45) is 10.9. The molecule has 0 aliphatic rings. The van der Waals surface area contributed by atoms with Gasteiger partial charge in [0, 0.05) is 10.3 Å². The van der Waals surface area contributed by atoms with Crippen molar-refractivity contribution in [3.05, 3.63) is 22.4 Å². The van der Waals surface area contributed by atoms with Crippen molar-refractivity contribution in [3.8, 4) is 0 Å². The molecule has 1 heteroatoms. The molecule has 0 nitrogen and oxygen atoms in total. The van der Waals surface area contributed by atoms with Crippen LogP contribution in [0.1, 0.15) is 77.0 Å². The first kappa shape index (κ1) is 14.8. The summed E-state index contributed by atoms with van der Waals surface area (Å²) in [6, 6.07) is 4.54. The van der Waals surface area contributed by atoms with E-state index in [1.54, 1.807) is 4.88 Å². The van der Waals surface area contributed by atoms with Crippen molar-refractivity contribution in [1.29, 1.82) is 0 Å². The molecule has 0 spiro atoms. The van der Waals surface area contributed by atoms with Gasteiger partial charge >= 0.3 is 0 Å². The molecule has 1 heterocycles. The molecule has 17 heavy (non-hydrogen) atoms. The topological polar surface area (TPSA) is 0 Å². The first-order valence-electron chi connectivity index (χ1n) is 7.27. The van der Waals surface area contributed by atoms with Crippen molar-refractivity contribution in [2.24, 2.45) is 0 Å². The zero-order valence-corrected chi connectivity index (χ0v) is 12.6. The molecule has 1 atom stereocenters. The first-order valence-corrected chi connectivity index (χ1v) is 8.15. The van der Waals surface area contributed by atoms with E-state index in [1.165, 1.54) is 51.4 Å². The Morgan fingerprint density at radius 3 is 2.29 bits per heavy atom. The van der Waals surface area contributed by atoms with Crippen LogP contribution < -0.4 is 0 Å². The molecule has 0 radical (unpaired) electrons. The molecule has 1 aromatic heterocycles. The highest BCUT2D eigenvalue weighted by Gasteiger charge is 2.26. The highest BCUT2D eigenvalue weighted by atomic mass is 32.1. The van der Waals surface area contributed by atoms with Crippen molar-refractivity contribution >= 4 is 11.3 Å². The quantitative estimate of drug-likeness (QED) is 0.461. The molecule has 1 rings (SSSR count). The number of hydrogen-bond acceptors (Lipinski definition) is 1. The minimum Gasteiger partial charge on any atom is -0.148 e. The summed E-state index contributed by atoms with van der Waals surface area (Å²) in [5.74, 6) is 0. The van der Waals surface area contributed by atoms with Gasteiger partial charge in [-0.25, -0.2) is 0 Å². The fraction of sp³-hybridized carbons (Fsp3) is 0.750. The second-order valence-corrected chi connectivity index (χ2v) is 6.40. The smallest absolute Gasteiger partial charge is 0.0104 e. The van der Waals surface area contributed by atoms with Crippen LogP contribution in [0.25, 0.3) is 0 Å². The average Bonchev–Trinajstić information content (AvgIpc) is 2.86. The number of thiophene rings is 1. The van der Waals surface area contributed by atoms with Gasteiger partial charge in [-0.05, 0) is 24.3 Å². The van der Waals surface area contributed by atoms with Crippen molar-refractivity contribution < 1.29 is 0 Å². The average molecular weight is 252 g/mol. The number of unbranched alkanes of at least 4 members (excludes halogenated alkanes) is 4. The lowest BCUT2D eigenvalue weighted by molar-refractivity contribution is 0.375. The highest BCUT2D eigenvalue weighted by Crippen LogP contribution is 2.37. The van der Waals surface area contributed by atoms with E-state index in [2.05, 4.69) is 38.3 Å². The van der Waals surface area contributed by atoms with Gasteiger partial charge < -0.3 is 0 Å². The standard InChI is InChI=1S/C16H28S/c1-4-6-8-9-13-16(3,12-7-5-2)15-11-10-14-17-15/h10-11,14H,4-9,12-13H2,1-3H3. The van der Waals surface area contributed by atoms with Gasteiger partial charge in [0.25, 0.3) is 0 Å². The molecule has 0 aliphatic carbocycles. The Balaban J connectivity index is 2.53. The summed E-state index contributed by atoms with van der Waals surface area (Å²) < 4.78 is 0. The third-order valence-corrected chi connectivity index (χ3v) is 4.96.